The van der Waals surface area contributed by atoms with E-state index in [1.54, 1.807) is 0 Å². The van der Waals surface area contributed by atoms with E-state index in [0.717, 1.165) is 24.9 Å². The summed E-state index contributed by atoms with van der Waals surface area (Å²) < 4.78 is 0. The SMILES string of the molecule is CCNC(CO)CN1CC(C)C(C)C1. The molecular formula is C11H24N2O. The molecule has 3 unspecified atom stereocenters. The monoisotopic (exact) mass is 200 g/mol. The molecule has 0 bridgehead atoms. The van der Waals surface area contributed by atoms with Crippen molar-refractivity contribution in [1.82, 2.24) is 10.2 Å². The van der Waals surface area contributed by atoms with Crippen molar-refractivity contribution in [3.05, 3.63) is 0 Å². The summed E-state index contributed by atoms with van der Waals surface area (Å²) in [5.74, 6) is 1.60. The molecule has 0 aromatic carbocycles. The van der Waals surface area contributed by atoms with E-state index in [1.807, 2.05) is 0 Å². The third kappa shape index (κ3) is 3.23. The summed E-state index contributed by atoms with van der Waals surface area (Å²) in [6.07, 6.45) is 0. The van der Waals surface area contributed by atoms with Crippen molar-refractivity contribution < 1.29 is 5.11 Å². The molecule has 3 nitrogen and oxygen atoms in total. The van der Waals surface area contributed by atoms with Crippen molar-refractivity contribution in [1.29, 1.82) is 0 Å². The smallest absolute Gasteiger partial charge is 0.0597 e. The first-order valence-electron chi connectivity index (χ1n) is 5.74. The van der Waals surface area contributed by atoms with E-state index in [9.17, 15) is 0 Å². The molecule has 1 rings (SSSR count). The van der Waals surface area contributed by atoms with Crippen LogP contribution in [0.2, 0.25) is 0 Å². The van der Waals surface area contributed by atoms with Crippen molar-refractivity contribution in [3.8, 4) is 0 Å². The predicted octanol–water partition coefficient (Wildman–Crippen LogP) is 0.545. The molecular weight excluding hydrogens is 176 g/mol. The van der Waals surface area contributed by atoms with Crippen molar-refractivity contribution in [3.63, 3.8) is 0 Å². The zero-order valence-electron chi connectivity index (χ0n) is 9.66. The van der Waals surface area contributed by atoms with Crippen LogP contribution in [0.15, 0.2) is 0 Å². The Bertz CT molecular complexity index is 153. The lowest BCUT2D eigenvalue weighted by molar-refractivity contribution is 0.196. The van der Waals surface area contributed by atoms with Crippen molar-refractivity contribution in [2.75, 3.05) is 32.8 Å². The van der Waals surface area contributed by atoms with Gasteiger partial charge in [-0.1, -0.05) is 20.8 Å². The maximum absolute atomic E-state index is 9.16. The van der Waals surface area contributed by atoms with Crippen LogP contribution in [0.1, 0.15) is 20.8 Å². The summed E-state index contributed by atoms with van der Waals surface area (Å²) in [7, 11) is 0. The number of nitrogens with one attached hydrogen (secondary N) is 1. The van der Waals surface area contributed by atoms with Gasteiger partial charge in [-0.05, 0) is 18.4 Å². The second-order valence-corrected chi connectivity index (χ2v) is 4.61. The normalized spacial score (nSPS) is 30.9. The van der Waals surface area contributed by atoms with Gasteiger partial charge >= 0.3 is 0 Å². The van der Waals surface area contributed by atoms with Crippen LogP contribution in [0.4, 0.5) is 0 Å². The van der Waals surface area contributed by atoms with Gasteiger partial charge in [0.05, 0.1) is 6.61 Å². The largest absolute Gasteiger partial charge is 0.395 e. The Morgan fingerprint density at radius 2 is 1.93 bits per heavy atom. The highest BCUT2D eigenvalue weighted by Crippen LogP contribution is 2.21. The van der Waals surface area contributed by atoms with E-state index in [-0.39, 0.29) is 12.6 Å². The fourth-order valence-corrected chi connectivity index (χ4v) is 2.19. The minimum atomic E-state index is 0.243. The summed E-state index contributed by atoms with van der Waals surface area (Å²) in [5.41, 5.74) is 0. The minimum Gasteiger partial charge on any atom is -0.395 e. The molecule has 1 fully saturated rings. The molecule has 84 valence electrons. The van der Waals surface area contributed by atoms with Crippen LogP contribution in [0.5, 0.6) is 0 Å². The average Bonchev–Trinajstić information content (AvgIpc) is 2.45. The molecule has 1 aliphatic rings. The lowest BCUT2D eigenvalue weighted by Gasteiger charge is -2.22. The van der Waals surface area contributed by atoms with Crippen molar-refractivity contribution >= 4 is 0 Å². The van der Waals surface area contributed by atoms with Crippen LogP contribution in [0.3, 0.4) is 0 Å². The molecule has 0 saturated carbocycles. The Kier molecular flexibility index (Phi) is 4.85. The fraction of sp³-hybridized carbons (Fsp3) is 1.00. The number of aliphatic hydroxyl groups excluding tert-OH is 1. The first-order chi connectivity index (χ1) is 6.67. The minimum absolute atomic E-state index is 0.243. The van der Waals surface area contributed by atoms with Gasteiger partial charge in [0.15, 0.2) is 0 Å². The quantitative estimate of drug-likeness (QED) is 0.680. The number of likely N-dealkylation sites (N-methyl/N-ethyl adjacent to an activating group) is 1. The zero-order valence-corrected chi connectivity index (χ0v) is 9.66. The summed E-state index contributed by atoms with van der Waals surface area (Å²) in [6.45, 7) is 11.2. The standard InChI is InChI=1S/C11H24N2O/c1-4-12-11(8-14)7-13-5-9(2)10(3)6-13/h9-12,14H,4-8H2,1-3H3. The molecule has 0 aliphatic carbocycles. The van der Waals surface area contributed by atoms with Gasteiger partial charge in [-0.2, -0.15) is 0 Å². The van der Waals surface area contributed by atoms with Gasteiger partial charge in [-0.15, -0.1) is 0 Å². The highest BCUT2D eigenvalue weighted by atomic mass is 16.3. The number of hydrogen-bond donors (Lipinski definition) is 2. The van der Waals surface area contributed by atoms with E-state index in [1.165, 1.54) is 13.1 Å². The van der Waals surface area contributed by atoms with Gasteiger partial charge in [0.2, 0.25) is 0 Å². The van der Waals surface area contributed by atoms with Gasteiger partial charge in [-0.25, -0.2) is 0 Å². The van der Waals surface area contributed by atoms with Crippen LogP contribution >= 0.6 is 0 Å². The van der Waals surface area contributed by atoms with Gasteiger partial charge in [0.1, 0.15) is 0 Å². The molecule has 14 heavy (non-hydrogen) atoms. The van der Waals surface area contributed by atoms with Gasteiger partial charge in [0.25, 0.3) is 0 Å². The Balaban J connectivity index is 2.29. The Morgan fingerprint density at radius 1 is 1.36 bits per heavy atom. The molecule has 1 aliphatic heterocycles. The molecule has 1 saturated heterocycles. The first-order valence-corrected chi connectivity index (χ1v) is 5.74. The third-order valence-electron chi connectivity index (χ3n) is 3.26. The lowest BCUT2D eigenvalue weighted by Crippen LogP contribution is -2.42. The molecule has 1 heterocycles. The highest BCUT2D eigenvalue weighted by molar-refractivity contribution is 4.81. The van der Waals surface area contributed by atoms with Crippen LogP contribution < -0.4 is 5.32 Å². The number of nitrogens with zero attached hydrogens (tertiary/aromatic N) is 1. The first kappa shape index (κ1) is 12.0. The van der Waals surface area contributed by atoms with Crippen LogP contribution in [0.25, 0.3) is 0 Å². The average molecular weight is 200 g/mol. The fourth-order valence-electron chi connectivity index (χ4n) is 2.19. The highest BCUT2D eigenvalue weighted by Gasteiger charge is 2.27. The maximum atomic E-state index is 9.16. The molecule has 0 aromatic heterocycles. The van der Waals surface area contributed by atoms with Crippen LogP contribution in [0, 0.1) is 11.8 Å². The molecule has 0 spiro atoms. The van der Waals surface area contributed by atoms with E-state index >= 15 is 0 Å². The second kappa shape index (κ2) is 5.69. The van der Waals surface area contributed by atoms with E-state index < -0.39 is 0 Å². The molecule has 3 heteroatoms. The zero-order chi connectivity index (χ0) is 10.6. The van der Waals surface area contributed by atoms with E-state index in [4.69, 9.17) is 5.11 Å². The summed E-state index contributed by atoms with van der Waals surface area (Å²) in [6, 6.07) is 0.248. The Hall–Kier alpha value is -0.120. The molecule has 0 amide bonds. The number of rotatable bonds is 5. The third-order valence-corrected chi connectivity index (χ3v) is 3.26. The van der Waals surface area contributed by atoms with Crippen molar-refractivity contribution in [2.45, 2.75) is 26.8 Å². The molecule has 3 atom stereocenters. The number of likely N-dealkylation sites (tertiary alicyclic amines) is 1. The Morgan fingerprint density at radius 3 is 2.36 bits per heavy atom. The maximum Gasteiger partial charge on any atom is 0.0597 e. The summed E-state index contributed by atoms with van der Waals surface area (Å²) in [4.78, 5) is 2.46. The molecule has 0 aromatic rings. The van der Waals surface area contributed by atoms with Gasteiger partial charge in [-0.3, -0.25) is 0 Å². The predicted molar refractivity (Wildman–Crippen MR) is 59.3 cm³/mol. The molecule has 2 N–H and O–H groups in total. The summed E-state index contributed by atoms with van der Waals surface area (Å²) >= 11 is 0. The Labute approximate surface area is 87.5 Å². The topological polar surface area (TPSA) is 35.5 Å². The second-order valence-electron chi connectivity index (χ2n) is 4.61. The molecule has 0 radical (unpaired) electrons. The number of hydrogen-bond acceptors (Lipinski definition) is 3. The van der Waals surface area contributed by atoms with E-state index in [0.29, 0.717) is 0 Å². The number of aliphatic hydroxyl groups is 1. The summed E-state index contributed by atoms with van der Waals surface area (Å²) in [5, 5.41) is 12.5. The van der Waals surface area contributed by atoms with Gasteiger partial charge < -0.3 is 15.3 Å². The lowest BCUT2D eigenvalue weighted by atomic mass is 10.0. The van der Waals surface area contributed by atoms with E-state index in [2.05, 4.69) is 31.0 Å². The van der Waals surface area contributed by atoms with Crippen LogP contribution in [-0.2, 0) is 0 Å². The van der Waals surface area contributed by atoms with Crippen LogP contribution in [-0.4, -0.2) is 48.8 Å². The van der Waals surface area contributed by atoms with Gasteiger partial charge in [0, 0.05) is 25.7 Å². The van der Waals surface area contributed by atoms with Crippen molar-refractivity contribution in [2.24, 2.45) is 11.8 Å².